The predicted octanol–water partition coefficient (Wildman–Crippen LogP) is 2.66. The molecule has 114 valence electrons. The zero-order valence-electron chi connectivity index (χ0n) is 12.6. The molecule has 0 saturated carbocycles. The van der Waals surface area contributed by atoms with Crippen molar-refractivity contribution in [3.63, 3.8) is 0 Å². The Morgan fingerprint density at radius 2 is 1.77 bits per heavy atom. The van der Waals surface area contributed by atoms with Crippen LogP contribution in [-0.4, -0.2) is 22.0 Å². The maximum atomic E-state index is 12.1. The minimum absolute atomic E-state index is 0.0236. The molecule has 0 heterocycles. The Kier molecular flexibility index (Phi) is 4.17. The number of nitrogens with one attached hydrogen (secondary N) is 1. The minimum atomic E-state index is -0.698. The number of benzene rings is 2. The van der Waals surface area contributed by atoms with E-state index in [1.165, 1.54) is 13.0 Å². The number of carbonyl (C=O) groups excluding carboxylic acids is 2. The average Bonchev–Trinajstić information content (AvgIpc) is 2.36. The fraction of sp³-hybridized carbons (Fsp3) is 0.176. The minimum Gasteiger partial charge on any atom is -0.507 e. The van der Waals surface area contributed by atoms with Crippen molar-refractivity contribution in [2.24, 2.45) is 0 Å². The van der Waals surface area contributed by atoms with Crippen LogP contribution in [0.1, 0.15) is 28.4 Å². The van der Waals surface area contributed by atoms with Crippen LogP contribution in [0, 0.1) is 13.8 Å². The molecule has 0 saturated heterocycles. The highest BCUT2D eigenvalue weighted by Crippen LogP contribution is 2.41. The number of hydrogen-bond acceptors (Lipinski definition) is 4. The van der Waals surface area contributed by atoms with Crippen molar-refractivity contribution in [3.8, 4) is 22.6 Å². The summed E-state index contributed by atoms with van der Waals surface area (Å²) >= 11 is 0. The maximum absolute atomic E-state index is 12.1. The van der Waals surface area contributed by atoms with Crippen LogP contribution in [0.5, 0.6) is 11.5 Å². The van der Waals surface area contributed by atoms with Crippen molar-refractivity contribution in [2.45, 2.75) is 20.8 Å². The first-order valence-electron chi connectivity index (χ1n) is 6.75. The van der Waals surface area contributed by atoms with Crippen LogP contribution in [0.25, 0.3) is 11.1 Å². The van der Waals surface area contributed by atoms with Gasteiger partial charge in [-0.15, -0.1) is 0 Å². The molecule has 0 aromatic heterocycles. The van der Waals surface area contributed by atoms with Gasteiger partial charge in [0.25, 0.3) is 5.91 Å². The van der Waals surface area contributed by atoms with Gasteiger partial charge in [-0.2, -0.15) is 0 Å². The predicted molar refractivity (Wildman–Crippen MR) is 82.8 cm³/mol. The molecule has 3 N–H and O–H groups in total. The fourth-order valence-corrected chi connectivity index (χ4v) is 2.38. The van der Waals surface area contributed by atoms with E-state index in [0.717, 1.165) is 5.56 Å². The van der Waals surface area contributed by atoms with Crippen molar-refractivity contribution >= 4 is 11.8 Å². The average molecular weight is 299 g/mol. The van der Waals surface area contributed by atoms with E-state index in [1.54, 1.807) is 25.1 Å². The van der Waals surface area contributed by atoms with Gasteiger partial charge in [0.1, 0.15) is 11.5 Å². The van der Waals surface area contributed by atoms with Gasteiger partial charge in [-0.05, 0) is 31.0 Å². The van der Waals surface area contributed by atoms with E-state index in [1.807, 2.05) is 13.0 Å². The molecule has 5 heteroatoms. The second-order valence-electron chi connectivity index (χ2n) is 5.19. The number of carbonyl (C=O) groups is 2. The summed E-state index contributed by atoms with van der Waals surface area (Å²) in [7, 11) is 0. The summed E-state index contributed by atoms with van der Waals surface area (Å²) in [4.78, 5) is 23.1. The molecular formula is C17H17NO4. The summed E-state index contributed by atoms with van der Waals surface area (Å²) in [5.41, 5.74) is 2.07. The van der Waals surface area contributed by atoms with E-state index >= 15 is 0 Å². The lowest BCUT2D eigenvalue weighted by Crippen LogP contribution is -2.28. The SMILES string of the molecule is CC(=O)NC(=O)c1c(C)cc(O)c(-c2cccc(C)c2)c1O. The maximum Gasteiger partial charge on any atom is 0.261 e. The van der Waals surface area contributed by atoms with E-state index in [0.29, 0.717) is 11.1 Å². The van der Waals surface area contributed by atoms with Crippen molar-refractivity contribution in [1.82, 2.24) is 5.32 Å². The van der Waals surface area contributed by atoms with Crippen molar-refractivity contribution in [3.05, 3.63) is 47.0 Å². The molecule has 0 fully saturated rings. The summed E-state index contributed by atoms with van der Waals surface area (Å²) in [6.07, 6.45) is 0. The Morgan fingerprint density at radius 3 is 2.36 bits per heavy atom. The third-order valence-corrected chi connectivity index (χ3v) is 3.30. The van der Waals surface area contributed by atoms with Crippen LogP contribution in [0.15, 0.2) is 30.3 Å². The summed E-state index contributed by atoms with van der Waals surface area (Å²) < 4.78 is 0. The van der Waals surface area contributed by atoms with E-state index in [-0.39, 0.29) is 22.6 Å². The molecule has 0 aliphatic rings. The quantitative estimate of drug-likeness (QED) is 0.795. The molecular weight excluding hydrogens is 282 g/mol. The lowest BCUT2D eigenvalue weighted by Gasteiger charge is -2.14. The standard InChI is InChI=1S/C17H17NO4/c1-9-5-4-6-12(7-9)15-13(20)8-10(2)14(16(15)21)17(22)18-11(3)19/h4-8,20-21H,1-3H3,(H,18,19,22). The van der Waals surface area contributed by atoms with Crippen LogP contribution < -0.4 is 5.32 Å². The molecule has 5 nitrogen and oxygen atoms in total. The third-order valence-electron chi connectivity index (χ3n) is 3.30. The van der Waals surface area contributed by atoms with E-state index in [9.17, 15) is 19.8 Å². The molecule has 0 aliphatic heterocycles. The van der Waals surface area contributed by atoms with Gasteiger partial charge >= 0.3 is 0 Å². The molecule has 0 aliphatic carbocycles. The highest BCUT2D eigenvalue weighted by Gasteiger charge is 2.22. The molecule has 0 unspecified atom stereocenters. The van der Waals surface area contributed by atoms with Crippen LogP contribution in [0.4, 0.5) is 0 Å². The number of rotatable bonds is 2. The topological polar surface area (TPSA) is 86.6 Å². The number of amides is 2. The molecule has 0 spiro atoms. The lowest BCUT2D eigenvalue weighted by molar-refractivity contribution is -0.118. The van der Waals surface area contributed by atoms with Gasteiger partial charge in [0.2, 0.25) is 5.91 Å². The van der Waals surface area contributed by atoms with Gasteiger partial charge in [-0.3, -0.25) is 14.9 Å². The molecule has 0 radical (unpaired) electrons. The van der Waals surface area contributed by atoms with Gasteiger partial charge in [-0.1, -0.05) is 29.8 Å². The lowest BCUT2D eigenvalue weighted by atomic mass is 9.95. The number of aryl methyl sites for hydroxylation is 2. The Hall–Kier alpha value is -2.82. The molecule has 2 rings (SSSR count). The van der Waals surface area contributed by atoms with Crippen LogP contribution in [-0.2, 0) is 4.79 Å². The Morgan fingerprint density at radius 1 is 1.09 bits per heavy atom. The second-order valence-corrected chi connectivity index (χ2v) is 5.19. The number of phenolic OH excluding ortho intramolecular Hbond substituents is 2. The molecule has 0 bridgehead atoms. The van der Waals surface area contributed by atoms with Crippen molar-refractivity contribution in [2.75, 3.05) is 0 Å². The highest BCUT2D eigenvalue weighted by atomic mass is 16.3. The van der Waals surface area contributed by atoms with Crippen LogP contribution in [0.3, 0.4) is 0 Å². The second kappa shape index (κ2) is 5.89. The zero-order chi connectivity index (χ0) is 16.4. The summed E-state index contributed by atoms with van der Waals surface area (Å²) in [5, 5.41) is 22.7. The fourth-order valence-electron chi connectivity index (χ4n) is 2.38. The van der Waals surface area contributed by atoms with Crippen LogP contribution >= 0.6 is 0 Å². The van der Waals surface area contributed by atoms with Gasteiger partial charge < -0.3 is 10.2 Å². The summed E-state index contributed by atoms with van der Waals surface area (Å²) in [5.74, 6) is -1.69. The monoisotopic (exact) mass is 299 g/mol. The Balaban J connectivity index is 2.66. The largest absolute Gasteiger partial charge is 0.507 e. The molecule has 0 atom stereocenters. The van der Waals surface area contributed by atoms with E-state index in [2.05, 4.69) is 5.32 Å². The van der Waals surface area contributed by atoms with E-state index in [4.69, 9.17) is 0 Å². The highest BCUT2D eigenvalue weighted by molar-refractivity contribution is 6.08. The van der Waals surface area contributed by atoms with Crippen LogP contribution in [0.2, 0.25) is 0 Å². The summed E-state index contributed by atoms with van der Waals surface area (Å²) in [6, 6.07) is 8.58. The Labute approximate surface area is 128 Å². The van der Waals surface area contributed by atoms with Gasteiger partial charge in [0, 0.05) is 6.92 Å². The Bertz CT molecular complexity index is 765. The van der Waals surface area contributed by atoms with Gasteiger partial charge in [0.15, 0.2) is 0 Å². The van der Waals surface area contributed by atoms with E-state index < -0.39 is 11.8 Å². The molecule has 2 amide bonds. The number of aromatic hydroxyl groups is 2. The van der Waals surface area contributed by atoms with Gasteiger partial charge in [-0.25, -0.2) is 0 Å². The van der Waals surface area contributed by atoms with Crippen molar-refractivity contribution in [1.29, 1.82) is 0 Å². The first-order chi connectivity index (χ1) is 10.3. The first-order valence-corrected chi connectivity index (χ1v) is 6.75. The third kappa shape index (κ3) is 2.93. The normalized spacial score (nSPS) is 10.3. The zero-order valence-corrected chi connectivity index (χ0v) is 12.6. The number of hydrogen-bond donors (Lipinski definition) is 3. The molecule has 2 aromatic carbocycles. The molecule has 2 aromatic rings. The molecule has 22 heavy (non-hydrogen) atoms. The smallest absolute Gasteiger partial charge is 0.261 e. The number of imide groups is 1. The summed E-state index contributed by atoms with van der Waals surface area (Å²) in [6.45, 7) is 4.68. The van der Waals surface area contributed by atoms with Gasteiger partial charge in [0.05, 0.1) is 11.1 Å². The number of phenols is 2. The first kappa shape index (κ1) is 15.6. The van der Waals surface area contributed by atoms with Crippen molar-refractivity contribution < 1.29 is 19.8 Å².